The van der Waals surface area contributed by atoms with Crippen LogP contribution in [0.2, 0.25) is 0 Å². The number of para-hydroxylation sites is 1. The first-order valence-corrected chi connectivity index (χ1v) is 12.4. The van der Waals surface area contributed by atoms with Crippen molar-refractivity contribution in [2.45, 2.75) is 38.3 Å². The molecule has 5 rings (SSSR count). The Hall–Kier alpha value is -4.19. The highest BCUT2D eigenvalue weighted by molar-refractivity contribution is 5.98. The van der Waals surface area contributed by atoms with Gasteiger partial charge >= 0.3 is 5.97 Å². The Morgan fingerprint density at radius 1 is 0.919 bits per heavy atom. The molecule has 2 heterocycles. The van der Waals surface area contributed by atoms with Gasteiger partial charge < -0.3 is 14.5 Å². The summed E-state index contributed by atoms with van der Waals surface area (Å²) >= 11 is 0. The number of carbonyl (C=O) groups excluding carboxylic acids is 3. The fourth-order valence-electron chi connectivity index (χ4n) is 5.39. The third kappa shape index (κ3) is 4.55. The zero-order valence-corrected chi connectivity index (χ0v) is 21.3. The van der Waals surface area contributed by atoms with Crippen molar-refractivity contribution in [1.29, 1.82) is 0 Å². The minimum atomic E-state index is -0.807. The lowest BCUT2D eigenvalue weighted by atomic mass is 9.83. The number of nitrogens with zero attached hydrogens (tertiary/aromatic N) is 2. The van der Waals surface area contributed by atoms with Gasteiger partial charge in [0.25, 0.3) is 5.91 Å². The zero-order valence-electron chi connectivity index (χ0n) is 21.3. The molecule has 0 fully saturated rings. The van der Waals surface area contributed by atoms with E-state index in [1.54, 1.807) is 35.2 Å². The Labute approximate surface area is 217 Å². The second-order valence-corrected chi connectivity index (χ2v) is 10.1. The number of esters is 1. The van der Waals surface area contributed by atoms with Gasteiger partial charge in [-0.05, 0) is 34.9 Å². The number of carbonyl (C=O) groups is 3. The number of allylic oxidation sites excluding steroid dienone is 1. The maximum Gasteiger partial charge on any atom is 0.329 e. The SMILES string of the molecule is CN1/C(=C/C(=O)COC(=O)C2Cc3ccccc3CN2C(=O)c2ccccc2)C(C)(C)c2ccccc21. The molecule has 1 unspecified atom stereocenters. The molecular weight excluding hydrogens is 464 g/mol. The lowest BCUT2D eigenvalue weighted by Crippen LogP contribution is -2.49. The predicted molar refractivity (Wildman–Crippen MR) is 142 cm³/mol. The summed E-state index contributed by atoms with van der Waals surface area (Å²) in [6.07, 6.45) is 1.91. The first kappa shape index (κ1) is 24.5. The molecule has 2 aliphatic rings. The van der Waals surface area contributed by atoms with Crippen molar-refractivity contribution in [3.05, 3.63) is 113 Å². The first-order chi connectivity index (χ1) is 17.8. The summed E-state index contributed by atoms with van der Waals surface area (Å²) in [6.45, 7) is 4.08. The fourth-order valence-corrected chi connectivity index (χ4v) is 5.39. The van der Waals surface area contributed by atoms with Crippen LogP contribution in [0.15, 0.2) is 90.6 Å². The summed E-state index contributed by atoms with van der Waals surface area (Å²) in [5.41, 5.74) is 5.21. The number of hydrogen-bond acceptors (Lipinski definition) is 5. The minimum Gasteiger partial charge on any atom is -0.456 e. The van der Waals surface area contributed by atoms with Gasteiger partial charge in [0.1, 0.15) is 6.04 Å². The maximum absolute atomic E-state index is 13.3. The topological polar surface area (TPSA) is 66.9 Å². The van der Waals surface area contributed by atoms with Crippen LogP contribution in [0.5, 0.6) is 0 Å². The summed E-state index contributed by atoms with van der Waals surface area (Å²) in [4.78, 5) is 43.1. The van der Waals surface area contributed by atoms with Crippen molar-refractivity contribution < 1.29 is 19.1 Å². The van der Waals surface area contributed by atoms with Crippen LogP contribution < -0.4 is 4.90 Å². The molecule has 0 bridgehead atoms. The Balaban J connectivity index is 1.33. The van der Waals surface area contributed by atoms with Crippen LogP contribution in [0.3, 0.4) is 0 Å². The molecule has 2 aliphatic heterocycles. The van der Waals surface area contributed by atoms with Crippen molar-refractivity contribution in [3.63, 3.8) is 0 Å². The van der Waals surface area contributed by atoms with E-state index in [1.807, 2.05) is 60.5 Å². The van der Waals surface area contributed by atoms with Crippen LogP contribution in [-0.4, -0.2) is 42.3 Å². The normalized spacial score (nSPS) is 18.8. The summed E-state index contributed by atoms with van der Waals surface area (Å²) in [5.74, 6) is -1.11. The standard InChI is InChI=1S/C31H30N2O4/c1-31(2)25-15-9-10-16-26(25)32(3)28(31)18-24(34)20-37-30(36)27-17-22-13-7-8-14-23(22)19-33(27)29(35)21-11-5-4-6-12-21/h4-16,18,27H,17,19-20H2,1-3H3/b28-18+. The van der Waals surface area contributed by atoms with E-state index >= 15 is 0 Å². The lowest BCUT2D eigenvalue weighted by molar-refractivity contribution is -0.152. The Kier molecular flexibility index (Phi) is 6.42. The Morgan fingerprint density at radius 3 is 2.30 bits per heavy atom. The predicted octanol–water partition coefficient (Wildman–Crippen LogP) is 4.68. The van der Waals surface area contributed by atoms with Gasteiger partial charge in [-0.3, -0.25) is 9.59 Å². The molecule has 1 amide bonds. The highest BCUT2D eigenvalue weighted by Crippen LogP contribution is 2.46. The third-order valence-electron chi connectivity index (χ3n) is 7.40. The monoisotopic (exact) mass is 494 g/mol. The molecular formula is C31H30N2O4. The van der Waals surface area contributed by atoms with Gasteiger partial charge in [-0.15, -0.1) is 0 Å². The number of hydrogen-bond donors (Lipinski definition) is 0. The summed E-state index contributed by atoms with van der Waals surface area (Å²) < 4.78 is 5.52. The smallest absolute Gasteiger partial charge is 0.329 e. The van der Waals surface area contributed by atoms with Gasteiger partial charge in [-0.1, -0.05) is 74.5 Å². The van der Waals surface area contributed by atoms with Gasteiger partial charge in [-0.25, -0.2) is 4.79 Å². The number of benzene rings is 3. The number of rotatable bonds is 5. The fraction of sp³-hybridized carbons (Fsp3) is 0.258. The molecule has 1 atom stereocenters. The molecule has 6 heteroatoms. The number of likely N-dealkylation sites (N-methyl/N-ethyl adjacent to an activating group) is 1. The number of amides is 1. The van der Waals surface area contributed by atoms with E-state index in [-0.39, 0.29) is 23.7 Å². The van der Waals surface area contributed by atoms with E-state index in [1.165, 1.54) is 0 Å². The number of fused-ring (bicyclic) bond motifs is 2. The van der Waals surface area contributed by atoms with Crippen LogP contribution in [0.1, 0.15) is 40.9 Å². The molecule has 0 spiro atoms. The molecule has 188 valence electrons. The first-order valence-electron chi connectivity index (χ1n) is 12.4. The Morgan fingerprint density at radius 2 is 1.57 bits per heavy atom. The molecule has 3 aromatic rings. The average molecular weight is 495 g/mol. The third-order valence-corrected chi connectivity index (χ3v) is 7.40. The van der Waals surface area contributed by atoms with Crippen LogP contribution in [0.4, 0.5) is 5.69 Å². The largest absolute Gasteiger partial charge is 0.456 e. The molecule has 37 heavy (non-hydrogen) atoms. The number of ketones is 1. The van der Waals surface area contributed by atoms with Crippen molar-refractivity contribution in [2.75, 3.05) is 18.6 Å². The van der Waals surface area contributed by atoms with Gasteiger partial charge in [0.2, 0.25) is 0 Å². The van der Waals surface area contributed by atoms with Crippen LogP contribution in [0.25, 0.3) is 0 Å². The van der Waals surface area contributed by atoms with Crippen molar-refractivity contribution in [3.8, 4) is 0 Å². The van der Waals surface area contributed by atoms with E-state index in [9.17, 15) is 14.4 Å². The molecule has 0 aromatic heterocycles. The van der Waals surface area contributed by atoms with E-state index in [0.29, 0.717) is 18.5 Å². The quantitative estimate of drug-likeness (QED) is 0.381. The van der Waals surface area contributed by atoms with E-state index in [0.717, 1.165) is 28.1 Å². The van der Waals surface area contributed by atoms with Crippen molar-refractivity contribution in [2.24, 2.45) is 0 Å². The van der Waals surface area contributed by atoms with Gasteiger partial charge in [0.05, 0.1) is 0 Å². The molecule has 6 nitrogen and oxygen atoms in total. The van der Waals surface area contributed by atoms with Crippen molar-refractivity contribution in [1.82, 2.24) is 4.90 Å². The van der Waals surface area contributed by atoms with E-state index < -0.39 is 12.0 Å². The van der Waals surface area contributed by atoms with Crippen molar-refractivity contribution >= 4 is 23.3 Å². The molecule has 0 aliphatic carbocycles. The number of anilines is 1. The molecule has 0 N–H and O–H groups in total. The van der Waals surface area contributed by atoms with Gasteiger partial charge in [-0.2, -0.15) is 0 Å². The molecule has 0 saturated heterocycles. The zero-order chi connectivity index (χ0) is 26.2. The number of ether oxygens (including phenoxy) is 1. The highest BCUT2D eigenvalue weighted by Gasteiger charge is 2.39. The Bertz CT molecular complexity index is 1390. The molecule has 0 radical (unpaired) electrons. The van der Waals surface area contributed by atoms with Crippen LogP contribution in [-0.2, 0) is 32.7 Å². The average Bonchev–Trinajstić information content (AvgIpc) is 3.11. The summed E-state index contributed by atoms with van der Waals surface area (Å²) in [6, 6.07) is 23.9. The summed E-state index contributed by atoms with van der Waals surface area (Å²) in [5, 5.41) is 0. The minimum absolute atomic E-state index is 0.238. The molecule has 0 saturated carbocycles. The maximum atomic E-state index is 13.3. The van der Waals surface area contributed by atoms with Gasteiger partial charge in [0, 0.05) is 48.5 Å². The van der Waals surface area contributed by atoms with Gasteiger partial charge in [0.15, 0.2) is 12.4 Å². The summed E-state index contributed by atoms with van der Waals surface area (Å²) in [7, 11) is 1.94. The second kappa shape index (κ2) is 9.69. The highest BCUT2D eigenvalue weighted by atomic mass is 16.5. The lowest BCUT2D eigenvalue weighted by Gasteiger charge is -2.35. The van der Waals surface area contributed by atoms with Crippen LogP contribution in [0, 0.1) is 0 Å². The van der Waals surface area contributed by atoms with Crippen LogP contribution >= 0.6 is 0 Å². The molecule has 3 aromatic carbocycles. The van der Waals surface area contributed by atoms with E-state index in [2.05, 4.69) is 19.9 Å². The van der Waals surface area contributed by atoms with E-state index in [4.69, 9.17) is 4.74 Å². The second-order valence-electron chi connectivity index (χ2n) is 10.1.